The molecule has 0 atom stereocenters. The van der Waals surface area contributed by atoms with E-state index in [1.165, 1.54) is 14.1 Å². The lowest BCUT2D eigenvalue weighted by molar-refractivity contribution is -0.137. The maximum atomic E-state index is 10.9. The first-order chi connectivity index (χ1) is 7.49. The monoisotopic (exact) mass is 231 g/mol. The van der Waals surface area contributed by atoms with Crippen molar-refractivity contribution in [2.45, 2.75) is 12.8 Å². The van der Waals surface area contributed by atoms with Crippen LogP contribution in [-0.2, 0) is 14.3 Å². The minimum atomic E-state index is -0.872. The first-order valence-electron chi connectivity index (χ1n) is 4.39. The van der Waals surface area contributed by atoms with Crippen molar-refractivity contribution in [1.82, 2.24) is 10.6 Å². The Morgan fingerprint density at radius 1 is 1.00 bits per heavy atom. The molecule has 0 aliphatic carbocycles. The molecule has 0 radical (unpaired) electrons. The summed E-state index contributed by atoms with van der Waals surface area (Å²) in [5, 5.41) is 11.4. The van der Waals surface area contributed by atoms with E-state index in [9.17, 15) is 14.4 Å². The molecule has 0 aromatic rings. The third-order valence-electron chi connectivity index (χ3n) is 1.39. The lowest BCUT2D eigenvalue weighted by Gasteiger charge is -2.04. The van der Waals surface area contributed by atoms with Gasteiger partial charge in [0.05, 0.1) is 6.42 Å². The number of ether oxygens (including phenoxy) is 2. The molecule has 0 aromatic carbocycles. The van der Waals surface area contributed by atoms with Crippen molar-refractivity contribution >= 4 is 24.1 Å². The minimum absolute atomic E-state index is 0.122. The molecule has 0 saturated carbocycles. The van der Waals surface area contributed by atoms with Crippen LogP contribution in [0.25, 0.3) is 0 Å². The Kier molecular flexibility index (Phi) is 6.25. The molecule has 8 nitrogen and oxygen atoms in total. The summed E-state index contributed by atoms with van der Waals surface area (Å²) in [6, 6.07) is 0. The van der Waals surface area contributed by atoms with Crippen molar-refractivity contribution in [1.29, 1.82) is 5.41 Å². The Hall–Kier alpha value is -2.12. The van der Waals surface area contributed by atoms with E-state index in [1.54, 1.807) is 0 Å². The zero-order valence-corrected chi connectivity index (χ0v) is 8.96. The van der Waals surface area contributed by atoms with Crippen LogP contribution in [0.3, 0.4) is 0 Å². The Morgan fingerprint density at radius 3 is 2.00 bits per heavy atom. The van der Waals surface area contributed by atoms with E-state index in [0.717, 1.165) is 0 Å². The number of carbonyl (C=O) groups excluding carboxylic acids is 3. The van der Waals surface area contributed by atoms with Gasteiger partial charge < -0.3 is 20.1 Å². The largest absolute Gasteiger partial charge is 0.414 e. The zero-order valence-electron chi connectivity index (χ0n) is 8.96. The fourth-order valence-electron chi connectivity index (χ4n) is 0.635. The van der Waals surface area contributed by atoms with Gasteiger partial charge in [-0.2, -0.15) is 0 Å². The third kappa shape index (κ3) is 6.35. The highest BCUT2D eigenvalue weighted by Gasteiger charge is 2.11. The van der Waals surface area contributed by atoms with Gasteiger partial charge in [0.1, 0.15) is 0 Å². The molecular weight excluding hydrogens is 218 g/mol. The van der Waals surface area contributed by atoms with Gasteiger partial charge in [0.2, 0.25) is 0 Å². The summed E-state index contributed by atoms with van der Waals surface area (Å²) in [7, 11) is 2.65. The summed E-state index contributed by atoms with van der Waals surface area (Å²) in [5.41, 5.74) is 0. The fraction of sp³-hybridized carbons (Fsp3) is 0.500. The average Bonchev–Trinajstić information content (AvgIpc) is 2.26. The second-order valence-corrected chi connectivity index (χ2v) is 2.57. The van der Waals surface area contributed by atoms with Crippen LogP contribution in [0.5, 0.6) is 0 Å². The topological polar surface area (TPSA) is 118 Å². The van der Waals surface area contributed by atoms with Crippen LogP contribution in [0.4, 0.5) is 9.59 Å². The molecule has 0 aliphatic heterocycles. The molecule has 0 bridgehead atoms. The molecule has 0 rings (SSSR count). The minimum Gasteiger partial charge on any atom is -0.396 e. The number of esters is 1. The summed E-state index contributed by atoms with van der Waals surface area (Å²) in [4.78, 5) is 32.2. The van der Waals surface area contributed by atoms with Gasteiger partial charge in [-0.1, -0.05) is 0 Å². The zero-order chi connectivity index (χ0) is 12.6. The molecule has 90 valence electrons. The molecule has 8 heteroatoms. The first kappa shape index (κ1) is 13.9. The lowest BCUT2D eigenvalue weighted by atomic mass is 10.3. The van der Waals surface area contributed by atoms with Gasteiger partial charge in [0.25, 0.3) is 0 Å². The molecule has 0 aromatic heterocycles. The maximum Gasteiger partial charge on any atom is 0.414 e. The first-order valence-corrected chi connectivity index (χ1v) is 4.39. The van der Waals surface area contributed by atoms with Gasteiger partial charge in [-0.25, -0.2) is 9.59 Å². The number of rotatable bonds is 3. The Labute approximate surface area is 91.8 Å². The normalized spacial score (nSPS) is 8.88. The SMILES string of the molecule is CNC(=O)OC(=N)CCC(=O)OC(=O)NC. The van der Waals surface area contributed by atoms with Crippen molar-refractivity contribution in [3.8, 4) is 0 Å². The van der Waals surface area contributed by atoms with Gasteiger partial charge in [-0.15, -0.1) is 0 Å². The smallest absolute Gasteiger partial charge is 0.396 e. The summed E-state index contributed by atoms with van der Waals surface area (Å²) in [6.07, 6.45) is -2.00. The number of hydrogen-bond donors (Lipinski definition) is 3. The van der Waals surface area contributed by atoms with Crippen LogP contribution in [0.2, 0.25) is 0 Å². The quantitative estimate of drug-likeness (QED) is 0.273. The summed E-state index contributed by atoms with van der Waals surface area (Å²) < 4.78 is 8.65. The Bertz CT molecular complexity index is 272. The molecule has 0 heterocycles. The van der Waals surface area contributed by atoms with E-state index in [0.29, 0.717) is 0 Å². The molecule has 0 aliphatic rings. The second kappa shape index (κ2) is 7.21. The van der Waals surface area contributed by atoms with Crippen LogP contribution in [0.1, 0.15) is 12.8 Å². The predicted molar refractivity (Wildman–Crippen MR) is 53.0 cm³/mol. The van der Waals surface area contributed by atoms with Crippen molar-refractivity contribution in [3.63, 3.8) is 0 Å². The highest BCUT2D eigenvalue weighted by atomic mass is 16.6. The predicted octanol–water partition coefficient (Wildman–Crippen LogP) is -0.0175. The van der Waals surface area contributed by atoms with Crippen molar-refractivity contribution < 1.29 is 23.9 Å². The summed E-state index contributed by atoms with van der Waals surface area (Å²) in [5.74, 6) is -1.18. The number of nitrogens with one attached hydrogen (secondary N) is 3. The Balaban J connectivity index is 3.79. The maximum absolute atomic E-state index is 10.9. The van der Waals surface area contributed by atoms with Crippen LogP contribution >= 0.6 is 0 Å². The van der Waals surface area contributed by atoms with E-state index >= 15 is 0 Å². The fourth-order valence-corrected chi connectivity index (χ4v) is 0.635. The van der Waals surface area contributed by atoms with Gasteiger partial charge in [-0.3, -0.25) is 10.2 Å². The molecule has 0 fully saturated rings. The second-order valence-electron chi connectivity index (χ2n) is 2.57. The van der Waals surface area contributed by atoms with Gasteiger partial charge in [-0.05, 0) is 0 Å². The highest BCUT2D eigenvalue weighted by molar-refractivity contribution is 5.90. The standard InChI is InChI=1S/C8H13N3O5/c1-10-7(13)15-5(9)3-4-6(12)16-8(14)11-2/h9H,3-4H2,1-2H3,(H,10,13)(H,11,14). The molecule has 16 heavy (non-hydrogen) atoms. The van der Waals surface area contributed by atoms with Crippen LogP contribution in [0, 0.1) is 5.41 Å². The van der Waals surface area contributed by atoms with Crippen molar-refractivity contribution in [2.24, 2.45) is 0 Å². The van der Waals surface area contributed by atoms with Gasteiger partial charge >= 0.3 is 18.2 Å². The van der Waals surface area contributed by atoms with E-state index in [1.807, 2.05) is 0 Å². The summed E-state index contributed by atoms with van der Waals surface area (Å²) in [6.45, 7) is 0. The van der Waals surface area contributed by atoms with E-state index < -0.39 is 18.2 Å². The number of alkyl carbamates (subject to hydrolysis) is 2. The summed E-state index contributed by atoms with van der Waals surface area (Å²) >= 11 is 0. The number of carbonyl (C=O) groups is 3. The lowest BCUT2D eigenvalue weighted by Crippen LogP contribution is -2.25. The molecule has 2 amide bonds. The van der Waals surface area contributed by atoms with Gasteiger partial charge in [0, 0.05) is 20.5 Å². The van der Waals surface area contributed by atoms with Crippen molar-refractivity contribution in [2.75, 3.05) is 14.1 Å². The molecule has 0 spiro atoms. The third-order valence-corrected chi connectivity index (χ3v) is 1.39. The van der Waals surface area contributed by atoms with Crippen LogP contribution in [-0.4, -0.2) is 38.1 Å². The highest BCUT2D eigenvalue weighted by Crippen LogP contribution is 1.96. The molecular formula is C8H13N3O5. The van der Waals surface area contributed by atoms with E-state index in [4.69, 9.17) is 5.41 Å². The number of amides is 2. The van der Waals surface area contributed by atoms with Crippen molar-refractivity contribution in [3.05, 3.63) is 0 Å². The molecule has 0 unspecified atom stereocenters. The average molecular weight is 231 g/mol. The molecule has 3 N–H and O–H groups in total. The van der Waals surface area contributed by atoms with E-state index in [-0.39, 0.29) is 18.7 Å². The van der Waals surface area contributed by atoms with Gasteiger partial charge in [0.15, 0.2) is 5.90 Å². The Morgan fingerprint density at radius 2 is 1.50 bits per heavy atom. The van der Waals surface area contributed by atoms with Crippen LogP contribution < -0.4 is 10.6 Å². The van der Waals surface area contributed by atoms with Crippen LogP contribution in [0.15, 0.2) is 0 Å². The van der Waals surface area contributed by atoms with E-state index in [2.05, 4.69) is 20.1 Å². The molecule has 0 saturated heterocycles. The number of hydrogen-bond acceptors (Lipinski definition) is 6.